The highest BCUT2D eigenvalue weighted by Gasteiger charge is 2.21. The van der Waals surface area contributed by atoms with Crippen molar-refractivity contribution in [2.45, 2.75) is 13.0 Å². The van der Waals surface area contributed by atoms with E-state index >= 15 is 0 Å². The van der Waals surface area contributed by atoms with E-state index in [0.717, 1.165) is 27.8 Å². The molecule has 1 N–H and O–H groups in total. The topological polar surface area (TPSA) is 74.9 Å². The molecule has 0 saturated heterocycles. The molecule has 3 rings (SSSR count). The van der Waals surface area contributed by atoms with Gasteiger partial charge in [0.2, 0.25) is 11.8 Å². The third kappa shape index (κ3) is 6.73. The predicted octanol–water partition coefficient (Wildman–Crippen LogP) is 3.46. The molecule has 0 aliphatic heterocycles. The fourth-order valence-corrected chi connectivity index (χ4v) is 3.85. The summed E-state index contributed by atoms with van der Waals surface area (Å²) in [5.41, 5.74) is 3.19. The van der Waals surface area contributed by atoms with Crippen molar-refractivity contribution in [3.05, 3.63) is 65.9 Å². The van der Waals surface area contributed by atoms with Crippen LogP contribution in [-0.2, 0) is 27.3 Å². The number of aromatic amines is 1. The quantitative estimate of drug-likeness (QED) is 0.410. The van der Waals surface area contributed by atoms with Gasteiger partial charge in [0, 0.05) is 43.8 Å². The number of para-hydroxylation sites is 1. The summed E-state index contributed by atoms with van der Waals surface area (Å²) in [6.45, 7) is 1.55. The highest BCUT2D eigenvalue weighted by Crippen LogP contribution is 2.19. The molecule has 0 bridgehead atoms. The minimum atomic E-state index is -0.289. The van der Waals surface area contributed by atoms with Gasteiger partial charge >= 0.3 is 0 Å². The number of aromatic nitrogens is 1. The van der Waals surface area contributed by atoms with Crippen molar-refractivity contribution in [3.8, 4) is 5.75 Å². The van der Waals surface area contributed by atoms with Crippen LogP contribution in [0.25, 0.3) is 10.9 Å². The second-order valence-corrected chi connectivity index (χ2v) is 7.98. The number of hydrogen-bond donors (Lipinski definition) is 1. The first-order valence-electron chi connectivity index (χ1n) is 10.8. The Kier molecular flexibility index (Phi) is 9.15. The van der Waals surface area contributed by atoms with E-state index in [0.29, 0.717) is 32.7 Å². The zero-order chi connectivity index (χ0) is 23.6. The molecule has 0 spiro atoms. The number of hydrogen-bond acceptors (Lipinski definition) is 4. The summed E-state index contributed by atoms with van der Waals surface area (Å²) in [7, 11) is 3.18. The van der Waals surface area contributed by atoms with Crippen LogP contribution in [0, 0.1) is 0 Å². The van der Waals surface area contributed by atoms with Gasteiger partial charge in [-0.05, 0) is 35.7 Å². The molecule has 0 saturated carbocycles. The second kappa shape index (κ2) is 12.3. The Balaban J connectivity index is 1.76. The molecule has 0 fully saturated rings. The van der Waals surface area contributed by atoms with Gasteiger partial charge in [-0.15, -0.1) is 11.6 Å². The van der Waals surface area contributed by atoms with Crippen molar-refractivity contribution in [2.75, 3.05) is 46.3 Å². The lowest BCUT2D eigenvalue weighted by Crippen LogP contribution is -2.45. The standard InChI is InChI=1S/C25H30ClN3O4/c1-32-14-13-29(24(30)15-26)18-25(31)28(17-19-7-9-21(33-2)10-8-19)12-11-20-16-27-23-6-4-3-5-22(20)23/h3-10,16,27H,11-15,17-18H2,1-2H3. The van der Waals surface area contributed by atoms with Gasteiger partial charge in [0.25, 0.3) is 0 Å². The van der Waals surface area contributed by atoms with E-state index in [1.807, 2.05) is 48.7 Å². The van der Waals surface area contributed by atoms with Crippen LogP contribution in [0.2, 0.25) is 0 Å². The van der Waals surface area contributed by atoms with Gasteiger partial charge < -0.3 is 24.3 Å². The Morgan fingerprint density at radius 1 is 0.970 bits per heavy atom. The van der Waals surface area contributed by atoms with Gasteiger partial charge in [0.1, 0.15) is 11.6 Å². The predicted molar refractivity (Wildman–Crippen MR) is 130 cm³/mol. The van der Waals surface area contributed by atoms with Crippen molar-refractivity contribution in [2.24, 2.45) is 0 Å². The Hall–Kier alpha value is -3.03. The molecule has 0 atom stereocenters. The Morgan fingerprint density at radius 3 is 2.42 bits per heavy atom. The van der Waals surface area contributed by atoms with Crippen LogP contribution in [0.15, 0.2) is 54.7 Å². The van der Waals surface area contributed by atoms with Crippen molar-refractivity contribution in [1.82, 2.24) is 14.8 Å². The van der Waals surface area contributed by atoms with Gasteiger partial charge in [-0.1, -0.05) is 30.3 Å². The number of methoxy groups -OCH3 is 2. The number of fused-ring (bicyclic) bond motifs is 1. The van der Waals surface area contributed by atoms with E-state index < -0.39 is 0 Å². The van der Waals surface area contributed by atoms with Crippen LogP contribution >= 0.6 is 11.6 Å². The van der Waals surface area contributed by atoms with Crippen LogP contribution in [0.1, 0.15) is 11.1 Å². The molecule has 1 aromatic heterocycles. The SMILES string of the molecule is COCCN(CC(=O)N(CCc1c[nH]c2ccccc12)Cc1ccc(OC)cc1)C(=O)CCl. The Bertz CT molecular complexity index is 1050. The number of nitrogens with one attached hydrogen (secondary N) is 1. The van der Waals surface area contributed by atoms with Crippen LogP contribution in [0.5, 0.6) is 5.75 Å². The third-order valence-corrected chi connectivity index (χ3v) is 5.80. The molecule has 0 radical (unpaired) electrons. The van der Waals surface area contributed by atoms with Gasteiger partial charge in [0.05, 0.1) is 20.3 Å². The minimum Gasteiger partial charge on any atom is -0.497 e. The number of carbonyl (C=O) groups excluding carboxylic acids is 2. The highest BCUT2D eigenvalue weighted by atomic mass is 35.5. The maximum absolute atomic E-state index is 13.3. The van der Waals surface area contributed by atoms with E-state index in [1.54, 1.807) is 19.1 Å². The molecule has 3 aromatic rings. The third-order valence-electron chi connectivity index (χ3n) is 5.57. The van der Waals surface area contributed by atoms with Gasteiger partial charge in [0.15, 0.2) is 0 Å². The molecule has 1 heterocycles. The molecule has 0 unspecified atom stereocenters. The largest absolute Gasteiger partial charge is 0.497 e. The van der Waals surface area contributed by atoms with Crippen LogP contribution in [0.3, 0.4) is 0 Å². The number of rotatable bonds is 12. The fraction of sp³-hybridized carbons (Fsp3) is 0.360. The lowest BCUT2D eigenvalue weighted by molar-refractivity contribution is -0.140. The molecule has 176 valence electrons. The number of H-pyrrole nitrogens is 1. The summed E-state index contributed by atoms with van der Waals surface area (Å²) < 4.78 is 10.3. The molecular weight excluding hydrogens is 442 g/mol. The van der Waals surface area contributed by atoms with Gasteiger partial charge in [-0.2, -0.15) is 0 Å². The zero-order valence-corrected chi connectivity index (χ0v) is 19.8. The van der Waals surface area contributed by atoms with E-state index in [4.69, 9.17) is 21.1 Å². The number of alkyl halides is 1. The van der Waals surface area contributed by atoms with E-state index in [1.165, 1.54) is 4.90 Å². The first-order chi connectivity index (χ1) is 16.0. The normalized spacial score (nSPS) is 10.9. The van der Waals surface area contributed by atoms with E-state index in [-0.39, 0.29) is 24.2 Å². The first-order valence-corrected chi connectivity index (χ1v) is 11.4. The summed E-state index contributed by atoms with van der Waals surface area (Å²) in [4.78, 5) is 32.1. The Labute approximate surface area is 199 Å². The number of ether oxygens (including phenoxy) is 2. The van der Waals surface area contributed by atoms with Crippen molar-refractivity contribution < 1.29 is 19.1 Å². The van der Waals surface area contributed by atoms with E-state index in [2.05, 4.69) is 11.1 Å². The summed E-state index contributed by atoms with van der Waals surface area (Å²) in [6.07, 6.45) is 2.68. The van der Waals surface area contributed by atoms with Crippen LogP contribution < -0.4 is 4.74 Å². The maximum atomic E-state index is 13.3. The molecule has 2 amide bonds. The summed E-state index contributed by atoms with van der Waals surface area (Å²) in [6, 6.07) is 15.7. The summed E-state index contributed by atoms with van der Waals surface area (Å²) in [5.74, 6) is 0.155. The maximum Gasteiger partial charge on any atom is 0.242 e. The molecule has 33 heavy (non-hydrogen) atoms. The van der Waals surface area contributed by atoms with Crippen molar-refractivity contribution >= 4 is 34.3 Å². The number of amides is 2. The minimum absolute atomic E-state index is 0.0427. The highest BCUT2D eigenvalue weighted by molar-refractivity contribution is 6.27. The van der Waals surface area contributed by atoms with Crippen molar-refractivity contribution in [3.63, 3.8) is 0 Å². The summed E-state index contributed by atoms with van der Waals surface area (Å²) >= 11 is 5.76. The van der Waals surface area contributed by atoms with Gasteiger partial charge in [-0.3, -0.25) is 9.59 Å². The molecule has 7 nitrogen and oxygen atoms in total. The molecule has 8 heteroatoms. The van der Waals surface area contributed by atoms with Crippen LogP contribution in [-0.4, -0.2) is 72.9 Å². The monoisotopic (exact) mass is 471 g/mol. The first kappa shape index (κ1) is 24.6. The van der Waals surface area contributed by atoms with E-state index in [9.17, 15) is 9.59 Å². The van der Waals surface area contributed by atoms with Gasteiger partial charge in [-0.25, -0.2) is 0 Å². The number of halogens is 1. The average Bonchev–Trinajstić information content (AvgIpc) is 3.27. The lowest BCUT2D eigenvalue weighted by Gasteiger charge is -2.27. The second-order valence-electron chi connectivity index (χ2n) is 7.71. The number of carbonyl (C=O) groups is 2. The molecular formula is C25H30ClN3O4. The average molecular weight is 472 g/mol. The Morgan fingerprint density at radius 2 is 1.73 bits per heavy atom. The summed E-state index contributed by atoms with van der Waals surface area (Å²) in [5, 5.41) is 1.15. The molecule has 0 aliphatic rings. The molecule has 2 aromatic carbocycles. The fourth-order valence-electron chi connectivity index (χ4n) is 3.68. The molecule has 0 aliphatic carbocycles. The number of nitrogens with zero attached hydrogens (tertiary/aromatic N) is 2. The van der Waals surface area contributed by atoms with Crippen molar-refractivity contribution in [1.29, 1.82) is 0 Å². The number of benzene rings is 2. The lowest BCUT2D eigenvalue weighted by atomic mass is 10.1. The zero-order valence-electron chi connectivity index (χ0n) is 19.1. The smallest absolute Gasteiger partial charge is 0.242 e. The van der Waals surface area contributed by atoms with Crippen LogP contribution in [0.4, 0.5) is 0 Å².